The van der Waals surface area contributed by atoms with Gasteiger partial charge in [-0.1, -0.05) is 66.2 Å². The molecule has 0 aliphatic carbocycles. The molecule has 2 aromatic heterocycles. The Morgan fingerprint density at radius 1 is 0.903 bits per heavy atom. The Morgan fingerprint density at radius 2 is 1.68 bits per heavy atom. The number of fused-ring (bicyclic) bond motifs is 2. The zero-order chi connectivity index (χ0) is 21.2. The van der Waals surface area contributed by atoms with E-state index in [-0.39, 0.29) is 5.91 Å². The Bertz CT molecular complexity index is 1390. The number of benzene rings is 3. The molecule has 0 bridgehead atoms. The fraction of sp³-hybridized carbons (Fsp3) is 0.0800. The molecule has 1 amide bonds. The number of pyridine rings is 1. The fourth-order valence-electron chi connectivity index (χ4n) is 3.64. The van der Waals surface area contributed by atoms with Crippen LogP contribution in [0.25, 0.3) is 21.8 Å². The van der Waals surface area contributed by atoms with E-state index in [2.05, 4.69) is 15.4 Å². The Hall–Kier alpha value is -3.70. The SMILES string of the molecule is O=C(NCc1ccc2ccccc2n1)c1nn(Cc2ccc(Cl)cc2)c2ccccc12. The van der Waals surface area contributed by atoms with Gasteiger partial charge in [0, 0.05) is 15.8 Å². The normalized spacial score (nSPS) is 11.1. The highest BCUT2D eigenvalue weighted by Crippen LogP contribution is 2.20. The third kappa shape index (κ3) is 4.00. The molecule has 5 rings (SSSR count). The van der Waals surface area contributed by atoms with Gasteiger partial charge in [0.25, 0.3) is 5.91 Å². The number of amides is 1. The van der Waals surface area contributed by atoms with Crippen molar-refractivity contribution in [1.82, 2.24) is 20.1 Å². The maximum atomic E-state index is 13.0. The molecule has 2 heterocycles. The molecule has 1 N–H and O–H groups in total. The summed E-state index contributed by atoms with van der Waals surface area (Å²) < 4.78 is 1.85. The number of nitrogens with one attached hydrogen (secondary N) is 1. The molecule has 6 heteroatoms. The first-order valence-corrected chi connectivity index (χ1v) is 10.4. The van der Waals surface area contributed by atoms with Gasteiger partial charge in [-0.3, -0.25) is 14.5 Å². The fourth-order valence-corrected chi connectivity index (χ4v) is 3.77. The van der Waals surface area contributed by atoms with Crippen LogP contribution in [-0.4, -0.2) is 20.7 Å². The van der Waals surface area contributed by atoms with Crippen LogP contribution in [0.2, 0.25) is 5.02 Å². The standard InChI is InChI=1S/C25H19ClN4O/c26-19-12-9-17(10-13-19)16-30-23-8-4-2-6-21(23)24(29-30)25(31)27-15-20-14-11-18-5-1-3-7-22(18)28-20/h1-14H,15-16H2,(H,27,31). The zero-order valence-corrected chi connectivity index (χ0v) is 17.4. The van der Waals surface area contributed by atoms with Gasteiger partial charge >= 0.3 is 0 Å². The minimum Gasteiger partial charge on any atom is -0.345 e. The summed E-state index contributed by atoms with van der Waals surface area (Å²) in [4.78, 5) is 17.6. The van der Waals surface area contributed by atoms with Gasteiger partial charge in [-0.25, -0.2) is 0 Å². The van der Waals surface area contributed by atoms with Crippen LogP contribution in [0.4, 0.5) is 0 Å². The Balaban J connectivity index is 1.39. The number of aromatic nitrogens is 3. The topological polar surface area (TPSA) is 59.8 Å². The maximum absolute atomic E-state index is 13.0. The molecule has 0 aliphatic heterocycles. The first-order chi connectivity index (χ1) is 15.2. The number of carbonyl (C=O) groups is 1. The van der Waals surface area contributed by atoms with Crippen molar-refractivity contribution in [3.8, 4) is 0 Å². The summed E-state index contributed by atoms with van der Waals surface area (Å²) in [7, 11) is 0. The molecule has 31 heavy (non-hydrogen) atoms. The van der Waals surface area contributed by atoms with Crippen LogP contribution in [0.15, 0.2) is 84.9 Å². The highest BCUT2D eigenvalue weighted by Gasteiger charge is 2.17. The lowest BCUT2D eigenvalue weighted by Crippen LogP contribution is -2.24. The molecule has 0 atom stereocenters. The van der Waals surface area contributed by atoms with Crippen molar-refractivity contribution in [2.45, 2.75) is 13.1 Å². The Morgan fingerprint density at radius 3 is 2.55 bits per heavy atom. The summed E-state index contributed by atoms with van der Waals surface area (Å²) in [6.45, 7) is 0.888. The highest BCUT2D eigenvalue weighted by atomic mass is 35.5. The minimum atomic E-state index is -0.221. The van der Waals surface area contributed by atoms with Gasteiger partial charge < -0.3 is 5.32 Å². The molecule has 0 aliphatic rings. The lowest BCUT2D eigenvalue weighted by Gasteiger charge is -2.05. The van der Waals surface area contributed by atoms with Gasteiger partial charge in [0.1, 0.15) is 0 Å². The molecule has 0 saturated carbocycles. The summed E-state index contributed by atoms with van der Waals surface area (Å²) >= 11 is 5.99. The van der Waals surface area contributed by atoms with Crippen molar-refractivity contribution >= 4 is 39.3 Å². The average Bonchev–Trinajstić information content (AvgIpc) is 3.17. The van der Waals surface area contributed by atoms with E-state index in [1.54, 1.807) is 0 Å². The van der Waals surface area contributed by atoms with E-state index in [4.69, 9.17) is 11.6 Å². The summed E-state index contributed by atoms with van der Waals surface area (Å²) in [5.74, 6) is -0.221. The first-order valence-electron chi connectivity index (χ1n) is 10.0. The third-order valence-electron chi connectivity index (χ3n) is 5.20. The summed E-state index contributed by atoms with van der Waals surface area (Å²) in [6, 6.07) is 27.3. The van der Waals surface area contributed by atoms with Crippen LogP contribution < -0.4 is 5.32 Å². The molecular weight excluding hydrogens is 408 g/mol. The molecule has 152 valence electrons. The van der Waals surface area contributed by atoms with Gasteiger partial charge in [0.05, 0.1) is 29.8 Å². The first kappa shape index (κ1) is 19.3. The average molecular weight is 427 g/mol. The largest absolute Gasteiger partial charge is 0.345 e. The number of hydrogen-bond acceptors (Lipinski definition) is 3. The molecule has 3 aromatic carbocycles. The molecular formula is C25H19ClN4O. The summed E-state index contributed by atoms with van der Waals surface area (Å²) in [5.41, 5.74) is 4.09. The van der Waals surface area contributed by atoms with Gasteiger partial charge in [-0.05, 0) is 35.9 Å². The van der Waals surface area contributed by atoms with E-state index in [1.807, 2.05) is 89.6 Å². The molecule has 0 saturated heterocycles. The van der Waals surface area contributed by atoms with Crippen LogP contribution >= 0.6 is 11.6 Å². The van der Waals surface area contributed by atoms with Gasteiger partial charge in [0.15, 0.2) is 5.69 Å². The van der Waals surface area contributed by atoms with Gasteiger partial charge in [0.2, 0.25) is 0 Å². The molecule has 0 spiro atoms. The van der Waals surface area contributed by atoms with Crippen molar-refractivity contribution < 1.29 is 4.79 Å². The second-order valence-corrected chi connectivity index (χ2v) is 7.76. The number of halogens is 1. The number of carbonyl (C=O) groups excluding carboxylic acids is 1. The highest BCUT2D eigenvalue weighted by molar-refractivity contribution is 6.30. The lowest BCUT2D eigenvalue weighted by molar-refractivity contribution is 0.0946. The van der Waals surface area contributed by atoms with Crippen molar-refractivity contribution in [2.24, 2.45) is 0 Å². The quantitative estimate of drug-likeness (QED) is 0.419. The summed E-state index contributed by atoms with van der Waals surface area (Å²) in [6.07, 6.45) is 0. The second kappa shape index (κ2) is 8.20. The maximum Gasteiger partial charge on any atom is 0.272 e. The van der Waals surface area contributed by atoms with Crippen molar-refractivity contribution in [1.29, 1.82) is 0 Å². The van der Waals surface area contributed by atoms with Gasteiger partial charge in [-0.2, -0.15) is 5.10 Å². The molecule has 0 radical (unpaired) electrons. The van der Waals surface area contributed by atoms with Crippen LogP contribution in [0.3, 0.4) is 0 Å². The monoisotopic (exact) mass is 426 g/mol. The predicted octanol–water partition coefficient (Wildman–Crippen LogP) is 5.22. The van der Waals surface area contributed by atoms with Crippen molar-refractivity contribution in [3.63, 3.8) is 0 Å². The summed E-state index contributed by atoms with van der Waals surface area (Å²) in [5, 5.41) is 10.2. The van der Waals surface area contributed by atoms with E-state index in [9.17, 15) is 4.79 Å². The zero-order valence-electron chi connectivity index (χ0n) is 16.6. The van der Waals surface area contributed by atoms with Crippen molar-refractivity contribution in [3.05, 3.63) is 107 Å². The van der Waals surface area contributed by atoms with Gasteiger partial charge in [-0.15, -0.1) is 0 Å². The van der Waals surface area contributed by atoms with Crippen LogP contribution in [0.1, 0.15) is 21.7 Å². The Kier molecular flexibility index (Phi) is 5.10. The van der Waals surface area contributed by atoms with E-state index < -0.39 is 0 Å². The molecule has 5 aromatic rings. The lowest BCUT2D eigenvalue weighted by atomic mass is 10.2. The van der Waals surface area contributed by atoms with E-state index in [0.717, 1.165) is 33.1 Å². The molecule has 5 nitrogen and oxygen atoms in total. The van der Waals surface area contributed by atoms with E-state index >= 15 is 0 Å². The molecule has 0 unspecified atom stereocenters. The van der Waals surface area contributed by atoms with Crippen molar-refractivity contribution in [2.75, 3.05) is 0 Å². The second-order valence-electron chi connectivity index (χ2n) is 7.33. The Labute approximate surface area is 184 Å². The van der Waals surface area contributed by atoms with E-state index in [1.165, 1.54) is 0 Å². The van der Waals surface area contributed by atoms with Crippen LogP contribution in [0, 0.1) is 0 Å². The van der Waals surface area contributed by atoms with Crippen LogP contribution in [0.5, 0.6) is 0 Å². The van der Waals surface area contributed by atoms with Crippen LogP contribution in [-0.2, 0) is 13.1 Å². The smallest absolute Gasteiger partial charge is 0.272 e. The number of hydrogen-bond donors (Lipinski definition) is 1. The number of para-hydroxylation sites is 2. The minimum absolute atomic E-state index is 0.221. The number of rotatable bonds is 5. The predicted molar refractivity (Wildman–Crippen MR) is 123 cm³/mol. The number of nitrogens with zero attached hydrogens (tertiary/aromatic N) is 3. The van der Waals surface area contributed by atoms with E-state index in [0.29, 0.717) is 23.8 Å². The third-order valence-corrected chi connectivity index (χ3v) is 5.46. The molecule has 0 fully saturated rings.